The number of hydrogen-bond acceptors (Lipinski definition) is 6. The van der Waals surface area contributed by atoms with Gasteiger partial charge in [0.2, 0.25) is 0 Å². The van der Waals surface area contributed by atoms with Gasteiger partial charge in [0.25, 0.3) is 5.69 Å². The summed E-state index contributed by atoms with van der Waals surface area (Å²) in [7, 11) is 0. The molecule has 2 unspecified atom stereocenters. The summed E-state index contributed by atoms with van der Waals surface area (Å²) in [6.07, 6.45) is 1.61. The van der Waals surface area contributed by atoms with E-state index < -0.39 is 4.92 Å². The van der Waals surface area contributed by atoms with Crippen molar-refractivity contribution in [3.05, 3.63) is 39.9 Å². The molecule has 0 spiro atoms. The molecule has 0 amide bonds. The fourth-order valence-corrected chi connectivity index (χ4v) is 4.38. The van der Waals surface area contributed by atoms with E-state index in [2.05, 4.69) is 26.9 Å². The maximum absolute atomic E-state index is 10.8. The van der Waals surface area contributed by atoms with Gasteiger partial charge in [0.1, 0.15) is 0 Å². The van der Waals surface area contributed by atoms with Gasteiger partial charge >= 0.3 is 0 Å². The SMILES string of the molecule is CC12CN3CCN(CC(C3)/C1=N/N=C\c1cccc([N+](=O)[O-])c1)C2. The van der Waals surface area contributed by atoms with Gasteiger partial charge in [-0.2, -0.15) is 10.2 Å². The molecule has 2 atom stereocenters. The van der Waals surface area contributed by atoms with Crippen LogP contribution in [0.1, 0.15) is 12.5 Å². The summed E-state index contributed by atoms with van der Waals surface area (Å²) in [6, 6.07) is 6.47. The molecule has 7 heteroatoms. The molecule has 1 aromatic carbocycles. The van der Waals surface area contributed by atoms with E-state index in [1.54, 1.807) is 18.3 Å². The van der Waals surface area contributed by atoms with E-state index >= 15 is 0 Å². The lowest BCUT2D eigenvalue weighted by atomic mass is 9.72. The van der Waals surface area contributed by atoms with E-state index in [-0.39, 0.29) is 11.1 Å². The van der Waals surface area contributed by atoms with Gasteiger partial charge in [-0.25, -0.2) is 0 Å². The molecule has 24 heavy (non-hydrogen) atoms. The van der Waals surface area contributed by atoms with Crippen LogP contribution in [0.3, 0.4) is 0 Å². The first kappa shape index (κ1) is 15.4. The van der Waals surface area contributed by atoms with Crippen LogP contribution in [0.2, 0.25) is 0 Å². The molecule has 0 N–H and O–H groups in total. The second kappa shape index (κ2) is 5.75. The molecule has 4 aliphatic heterocycles. The number of piperidine rings is 2. The average Bonchev–Trinajstić information content (AvgIpc) is 2.77. The van der Waals surface area contributed by atoms with Gasteiger partial charge in [-0.15, -0.1) is 0 Å². The van der Waals surface area contributed by atoms with Gasteiger partial charge in [0.15, 0.2) is 0 Å². The lowest BCUT2D eigenvalue weighted by Crippen LogP contribution is -2.59. The van der Waals surface area contributed by atoms with Crippen molar-refractivity contribution in [1.29, 1.82) is 0 Å². The van der Waals surface area contributed by atoms with Crippen LogP contribution in [0.5, 0.6) is 0 Å². The van der Waals surface area contributed by atoms with Crippen molar-refractivity contribution >= 4 is 17.6 Å². The minimum Gasteiger partial charge on any atom is -0.300 e. The van der Waals surface area contributed by atoms with E-state index in [4.69, 9.17) is 0 Å². The standard InChI is InChI=1S/C17H21N5O2/c1-17-11-20-5-6-21(12-17)10-14(9-20)16(17)19-18-8-13-3-2-4-15(7-13)22(23)24/h2-4,7-8,14H,5-6,9-12H2,1H3/b18-8-,19-16-. The summed E-state index contributed by atoms with van der Waals surface area (Å²) in [5.74, 6) is 0.447. The molecule has 126 valence electrons. The maximum Gasteiger partial charge on any atom is 0.270 e. The van der Waals surface area contributed by atoms with Crippen molar-refractivity contribution in [1.82, 2.24) is 9.80 Å². The molecular formula is C17H21N5O2. The smallest absolute Gasteiger partial charge is 0.270 e. The van der Waals surface area contributed by atoms with Crippen LogP contribution in [-0.4, -0.2) is 65.9 Å². The Hall–Kier alpha value is -2.12. The fourth-order valence-electron chi connectivity index (χ4n) is 4.38. The van der Waals surface area contributed by atoms with Crippen molar-refractivity contribution in [3.8, 4) is 0 Å². The molecule has 4 bridgehead atoms. The number of rotatable bonds is 3. The summed E-state index contributed by atoms with van der Waals surface area (Å²) in [6.45, 7) is 8.81. The number of benzene rings is 1. The lowest BCUT2D eigenvalue weighted by Gasteiger charge is -2.48. The van der Waals surface area contributed by atoms with E-state index in [1.165, 1.54) is 17.8 Å². The number of hydrogen-bond donors (Lipinski definition) is 0. The molecular weight excluding hydrogens is 306 g/mol. The zero-order chi connectivity index (χ0) is 16.7. The second-order valence-corrected chi connectivity index (χ2v) is 7.31. The molecule has 4 heterocycles. The summed E-state index contributed by atoms with van der Waals surface area (Å²) in [5, 5.41) is 19.7. The van der Waals surface area contributed by atoms with Crippen LogP contribution in [0.15, 0.2) is 34.5 Å². The number of nitro benzene ring substituents is 1. The highest BCUT2D eigenvalue weighted by Gasteiger charge is 2.49. The van der Waals surface area contributed by atoms with Gasteiger partial charge < -0.3 is 9.80 Å². The van der Waals surface area contributed by atoms with Crippen molar-refractivity contribution < 1.29 is 4.92 Å². The van der Waals surface area contributed by atoms with Gasteiger partial charge in [-0.1, -0.05) is 19.1 Å². The number of fused-ring (bicyclic) bond motifs is 1. The van der Waals surface area contributed by atoms with E-state index in [1.807, 2.05) is 0 Å². The molecule has 1 aromatic rings. The van der Waals surface area contributed by atoms with Crippen LogP contribution < -0.4 is 0 Å². The summed E-state index contributed by atoms with van der Waals surface area (Å²) >= 11 is 0. The topological polar surface area (TPSA) is 74.3 Å². The van der Waals surface area contributed by atoms with Gasteiger partial charge in [-0.05, 0) is 0 Å². The van der Waals surface area contributed by atoms with E-state index in [0.29, 0.717) is 11.5 Å². The molecule has 4 fully saturated rings. The predicted octanol–water partition coefficient (Wildman–Crippen LogP) is 1.64. The Labute approximate surface area is 140 Å². The van der Waals surface area contributed by atoms with Crippen LogP contribution in [0.25, 0.3) is 0 Å². The summed E-state index contributed by atoms with van der Waals surface area (Å²) < 4.78 is 0. The van der Waals surface area contributed by atoms with Gasteiger partial charge in [0.05, 0.1) is 16.8 Å². The Bertz CT molecular complexity index is 713. The fraction of sp³-hybridized carbons (Fsp3) is 0.529. The minimum atomic E-state index is -0.394. The molecule has 0 radical (unpaired) electrons. The van der Waals surface area contributed by atoms with Crippen LogP contribution in [-0.2, 0) is 0 Å². The molecule has 0 saturated carbocycles. The normalized spacial score (nSPS) is 36.4. The Balaban J connectivity index is 1.58. The first-order chi connectivity index (χ1) is 11.5. The predicted molar refractivity (Wildman–Crippen MR) is 92.6 cm³/mol. The monoisotopic (exact) mass is 327 g/mol. The largest absolute Gasteiger partial charge is 0.300 e. The van der Waals surface area contributed by atoms with Crippen LogP contribution in [0.4, 0.5) is 5.69 Å². The highest BCUT2D eigenvalue weighted by Crippen LogP contribution is 2.38. The number of nitro groups is 1. The third kappa shape index (κ3) is 2.74. The molecule has 0 aliphatic carbocycles. The number of non-ortho nitro benzene ring substituents is 1. The zero-order valence-electron chi connectivity index (χ0n) is 13.8. The van der Waals surface area contributed by atoms with Crippen LogP contribution in [0, 0.1) is 21.4 Å². The highest BCUT2D eigenvalue weighted by atomic mass is 16.6. The Kier molecular flexibility index (Phi) is 3.69. The third-order valence-electron chi connectivity index (χ3n) is 5.29. The highest BCUT2D eigenvalue weighted by molar-refractivity contribution is 5.95. The van der Waals surface area contributed by atoms with Gasteiger partial charge in [-0.3, -0.25) is 10.1 Å². The summed E-state index contributed by atoms with van der Waals surface area (Å²) in [4.78, 5) is 15.5. The van der Waals surface area contributed by atoms with E-state index in [9.17, 15) is 10.1 Å². The first-order valence-corrected chi connectivity index (χ1v) is 8.34. The average molecular weight is 327 g/mol. The number of nitrogens with zero attached hydrogens (tertiary/aromatic N) is 5. The quantitative estimate of drug-likeness (QED) is 0.480. The van der Waals surface area contributed by atoms with Gasteiger partial charge in [0, 0.05) is 68.3 Å². The third-order valence-corrected chi connectivity index (χ3v) is 5.29. The lowest BCUT2D eigenvalue weighted by molar-refractivity contribution is -0.384. The Morgan fingerprint density at radius 2 is 2.00 bits per heavy atom. The Morgan fingerprint density at radius 1 is 1.29 bits per heavy atom. The van der Waals surface area contributed by atoms with Crippen molar-refractivity contribution in [2.45, 2.75) is 6.92 Å². The molecule has 4 saturated heterocycles. The molecule has 4 aliphatic rings. The summed E-state index contributed by atoms with van der Waals surface area (Å²) in [5.41, 5.74) is 2.04. The zero-order valence-corrected chi connectivity index (χ0v) is 13.8. The van der Waals surface area contributed by atoms with Crippen molar-refractivity contribution in [2.24, 2.45) is 21.5 Å². The second-order valence-electron chi connectivity index (χ2n) is 7.31. The van der Waals surface area contributed by atoms with Crippen molar-refractivity contribution in [3.63, 3.8) is 0 Å². The van der Waals surface area contributed by atoms with Crippen molar-refractivity contribution in [2.75, 3.05) is 39.3 Å². The minimum absolute atomic E-state index is 0.0672. The first-order valence-electron chi connectivity index (χ1n) is 8.34. The molecule has 5 rings (SSSR count). The molecule has 7 nitrogen and oxygen atoms in total. The Morgan fingerprint density at radius 3 is 2.62 bits per heavy atom. The van der Waals surface area contributed by atoms with E-state index in [0.717, 1.165) is 39.3 Å². The van der Waals surface area contributed by atoms with Crippen LogP contribution >= 0.6 is 0 Å². The molecule has 0 aromatic heterocycles. The maximum atomic E-state index is 10.8.